The summed E-state index contributed by atoms with van der Waals surface area (Å²) >= 11 is 0. The van der Waals surface area contributed by atoms with Crippen LogP contribution in [0.5, 0.6) is 0 Å². The van der Waals surface area contributed by atoms with E-state index in [4.69, 9.17) is 0 Å². The van der Waals surface area contributed by atoms with E-state index in [2.05, 4.69) is 5.32 Å². The first-order chi connectivity index (χ1) is 9.76. The van der Waals surface area contributed by atoms with Crippen molar-refractivity contribution in [3.05, 3.63) is 29.8 Å². The van der Waals surface area contributed by atoms with Gasteiger partial charge in [-0.25, -0.2) is 8.42 Å². The molecule has 0 aliphatic carbocycles. The Kier molecular flexibility index (Phi) is 4.72. The van der Waals surface area contributed by atoms with Crippen LogP contribution in [0.25, 0.3) is 0 Å². The molecule has 1 unspecified atom stereocenters. The molecule has 1 aromatic rings. The fraction of sp³-hybridized carbons (Fsp3) is 0.600. The van der Waals surface area contributed by atoms with Crippen molar-refractivity contribution >= 4 is 10.0 Å². The topological polar surface area (TPSA) is 69.6 Å². The third-order valence-electron chi connectivity index (χ3n) is 3.75. The highest BCUT2D eigenvalue weighted by molar-refractivity contribution is 7.89. The van der Waals surface area contributed by atoms with Crippen molar-refractivity contribution in [1.29, 1.82) is 0 Å². The predicted molar refractivity (Wildman–Crippen MR) is 82.8 cm³/mol. The summed E-state index contributed by atoms with van der Waals surface area (Å²) in [5.74, 6) is 0. The summed E-state index contributed by atoms with van der Waals surface area (Å²) in [5, 5.41) is 12.4. The number of sulfonamides is 1. The molecule has 1 aliphatic rings. The van der Waals surface area contributed by atoms with E-state index < -0.39 is 10.0 Å². The maximum atomic E-state index is 12.9. The summed E-state index contributed by atoms with van der Waals surface area (Å²) in [6.45, 7) is 7.25. The van der Waals surface area contributed by atoms with E-state index in [-0.39, 0.29) is 18.1 Å². The molecule has 1 aromatic carbocycles. The van der Waals surface area contributed by atoms with Gasteiger partial charge in [-0.05, 0) is 17.0 Å². The largest absolute Gasteiger partial charge is 0.395 e. The van der Waals surface area contributed by atoms with Crippen LogP contribution >= 0.6 is 0 Å². The molecule has 118 valence electrons. The zero-order valence-electron chi connectivity index (χ0n) is 12.8. The number of hydrogen-bond acceptors (Lipinski definition) is 4. The van der Waals surface area contributed by atoms with Gasteiger partial charge in [-0.1, -0.05) is 39.0 Å². The summed E-state index contributed by atoms with van der Waals surface area (Å²) in [4.78, 5) is 0.371. The number of hydrogen-bond donors (Lipinski definition) is 2. The molecule has 1 fully saturated rings. The molecular weight excluding hydrogens is 288 g/mol. The van der Waals surface area contributed by atoms with Crippen molar-refractivity contribution in [1.82, 2.24) is 9.62 Å². The lowest BCUT2D eigenvalue weighted by molar-refractivity contribution is 0.195. The zero-order valence-corrected chi connectivity index (χ0v) is 13.7. The van der Waals surface area contributed by atoms with Crippen LogP contribution in [0, 0.1) is 0 Å². The molecule has 0 bridgehead atoms. The minimum Gasteiger partial charge on any atom is -0.395 e. The number of nitrogens with zero attached hydrogens (tertiary/aromatic N) is 1. The molecule has 5 nitrogen and oxygen atoms in total. The van der Waals surface area contributed by atoms with Crippen molar-refractivity contribution < 1.29 is 13.5 Å². The molecule has 0 saturated carbocycles. The standard InChI is InChI=1S/C15H24N2O3S/c1-15(2,3)13-6-4-5-7-14(13)21(19,20)17-9-8-16-12(10-17)11-18/h4-7,12,16,18H,8-11H2,1-3H3. The lowest BCUT2D eigenvalue weighted by atomic mass is 9.87. The Labute approximate surface area is 127 Å². The summed E-state index contributed by atoms with van der Waals surface area (Å²) < 4.78 is 27.3. The van der Waals surface area contributed by atoms with Gasteiger partial charge in [0, 0.05) is 25.7 Å². The lowest BCUT2D eigenvalue weighted by Gasteiger charge is -2.33. The molecule has 21 heavy (non-hydrogen) atoms. The van der Waals surface area contributed by atoms with E-state index in [1.54, 1.807) is 12.1 Å². The number of benzene rings is 1. The molecule has 0 amide bonds. The van der Waals surface area contributed by atoms with Crippen LogP contribution in [0.1, 0.15) is 26.3 Å². The van der Waals surface area contributed by atoms with E-state index in [9.17, 15) is 13.5 Å². The van der Waals surface area contributed by atoms with Gasteiger partial charge in [-0.3, -0.25) is 0 Å². The Bertz CT molecular complexity index is 593. The van der Waals surface area contributed by atoms with Crippen molar-refractivity contribution in [3.8, 4) is 0 Å². The molecule has 0 radical (unpaired) electrons. The summed E-state index contributed by atoms with van der Waals surface area (Å²) in [7, 11) is -3.54. The monoisotopic (exact) mass is 312 g/mol. The van der Waals surface area contributed by atoms with E-state index >= 15 is 0 Å². The van der Waals surface area contributed by atoms with Crippen LogP contribution in [0.2, 0.25) is 0 Å². The maximum Gasteiger partial charge on any atom is 0.243 e. The second kappa shape index (κ2) is 6.04. The molecule has 1 heterocycles. The predicted octanol–water partition coefficient (Wildman–Crippen LogP) is 0.939. The van der Waals surface area contributed by atoms with Gasteiger partial charge < -0.3 is 10.4 Å². The number of piperazine rings is 1. The molecule has 6 heteroatoms. The second-order valence-corrected chi connectivity index (χ2v) is 8.35. The fourth-order valence-corrected chi connectivity index (χ4v) is 4.47. The quantitative estimate of drug-likeness (QED) is 0.871. The van der Waals surface area contributed by atoms with Crippen LogP contribution < -0.4 is 5.32 Å². The van der Waals surface area contributed by atoms with Crippen LogP contribution in [0.15, 0.2) is 29.2 Å². The van der Waals surface area contributed by atoms with Crippen molar-refractivity contribution in [3.63, 3.8) is 0 Å². The average molecular weight is 312 g/mol. The van der Waals surface area contributed by atoms with Gasteiger partial charge in [0.15, 0.2) is 0 Å². The number of aliphatic hydroxyl groups is 1. The van der Waals surface area contributed by atoms with E-state index in [1.165, 1.54) is 4.31 Å². The van der Waals surface area contributed by atoms with E-state index in [1.807, 2.05) is 32.9 Å². The third kappa shape index (κ3) is 3.45. The second-order valence-electron chi connectivity index (χ2n) is 6.44. The SMILES string of the molecule is CC(C)(C)c1ccccc1S(=O)(=O)N1CCNC(CO)C1. The average Bonchev–Trinajstić information content (AvgIpc) is 2.46. The normalized spacial score (nSPS) is 21.4. The minimum atomic E-state index is -3.54. The van der Waals surface area contributed by atoms with Gasteiger partial charge in [0.25, 0.3) is 0 Å². The molecule has 1 aliphatic heterocycles. The zero-order chi connectivity index (χ0) is 15.7. The molecule has 2 N–H and O–H groups in total. The van der Waals surface area contributed by atoms with Crippen molar-refractivity contribution in [2.24, 2.45) is 0 Å². The minimum absolute atomic E-state index is 0.0626. The molecule has 0 spiro atoms. The van der Waals surface area contributed by atoms with Crippen LogP contribution in [-0.2, 0) is 15.4 Å². The Morgan fingerprint density at radius 2 is 2.00 bits per heavy atom. The number of nitrogens with one attached hydrogen (secondary N) is 1. The lowest BCUT2D eigenvalue weighted by Crippen LogP contribution is -2.54. The van der Waals surface area contributed by atoms with Crippen LogP contribution in [0.3, 0.4) is 0 Å². The smallest absolute Gasteiger partial charge is 0.243 e. The van der Waals surface area contributed by atoms with Crippen molar-refractivity contribution in [2.45, 2.75) is 37.1 Å². The van der Waals surface area contributed by atoms with Crippen LogP contribution in [0.4, 0.5) is 0 Å². The van der Waals surface area contributed by atoms with Gasteiger partial charge in [-0.2, -0.15) is 4.31 Å². The highest BCUT2D eigenvalue weighted by Gasteiger charge is 2.33. The Hall–Kier alpha value is -0.950. The van der Waals surface area contributed by atoms with Crippen molar-refractivity contribution in [2.75, 3.05) is 26.2 Å². The first-order valence-electron chi connectivity index (χ1n) is 7.20. The maximum absolute atomic E-state index is 12.9. The van der Waals surface area contributed by atoms with Gasteiger partial charge >= 0.3 is 0 Å². The Morgan fingerprint density at radius 3 is 2.62 bits per heavy atom. The van der Waals surface area contributed by atoms with Crippen LogP contribution in [-0.4, -0.2) is 50.1 Å². The third-order valence-corrected chi connectivity index (χ3v) is 5.67. The Balaban J connectivity index is 2.41. The summed E-state index contributed by atoms with van der Waals surface area (Å²) in [6, 6.07) is 6.97. The fourth-order valence-electron chi connectivity index (χ4n) is 2.59. The molecule has 1 atom stereocenters. The molecule has 0 aromatic heterocycles. The first-order valence-corrected chi connectivity index (χ1v) is 8.64. The van der Waals surface area contributed by atoms with Gasteiger partial charge in [0.1, 0.15) is 0 Å². The van der Waals surface area contributed by atoms with Gasteiger partial charge in [-0.15, -0.1) is 0 Å². The molecule has 1 saturated heterocycles. The highest BCUT2D eigenvalue weighted by atomic mass is 32.2. The van der Waals surface area contributed by atoms with E-state index in [0.29, 0.717) is 24.5 Å². The first kappa shape index (κ1) is 16.4. The number of rotatable bonds is 3. The van der Waals surface area contributed by atoms with E-state index in [0.717, 1.165) is 5.56 Å². The van der Waals surface area contributed by atoms with Gasteiger partial charge in [0.05, 0.1) is 11.5 Å². The molecule has 2 rings (SSSR count). The number of aliphatic hydroxyl groups excluding tert-OH is 1. The Morgan fingerprint density at radius 1 is 1.33 bits per heavy atom. The molecular formula is C15H24N2O3S. The summed E-state index contributed by atoms with van der Waals surface area (Å²) in [5.41, 5.74) is 0.581. The highest BCUT2D eigenvalue weighted by Crippen LogP contribution is 2.30. The summed E-state index contributed by atoms with van der Waals surface area (Å²) in [6.07, 6.45) is 0. The van der Waals surface area contributed by atoms with Gasteiger partial charge in [0.2, 0.25) is 10.0 Å².